The molecule has 0 aromatic carbocycles. The minimum Gasteiger partial charge on any atom is -0.381 e. The van der Waals surface area contributed by atoms with Gasteiger partial charge >= 0.3 is 0 Å². The summed E-state index contributed by atoms with van der Waals surface area (Å²) in [5.41, 5.74) is 0.977. The summed E-state index contributed by atoms with van der Waals surface area (Å²) in [5, 5.41) is 4.16. The summed E-state index contributed by atoms with van der Waals surface area (Å²) in [5.74, 6) is 7.23. The van der Waals surface area contributed by atoms with E-state index in [0.29, 0.717) is 5.92 Å². The van der Waals surface area contributed by atoms with Crippen molar-refractivity contribution in [2.75, 3.05) is 39.5 Å². The molecule has 1 aromatic heterocycles. The van der Waals surface area contributed by atoms with E-state index in [1.165, 1.54) is 0 Å². The van der Waals surface area contributed by atoms with Crippen LogP contribution in [0.1, 0.15) is 12.0 Å². The van der Waals surface area contributed by atoms with Crippen LogP contribution in [0.5, 0.6) is 0 Å². The molecular weight excluding hydrogens is 254 g/mol. The van der Waals surface area contributed by atoms with Crippen molar-refractivity contribution in [1.29, 1.82) is 0 Å². The second kappa shape index (κ2) is 6.40. The van der Waals surface area contributed by atoms with E-state index in [1.807, 2.05) is 19.4 Å². The summed E-state index contributed by atoms with van der Waals surface area (Å²) in [6, 6.07) is 0.265. The molecule has 0 amide bonds. The van der Waals surface area contributed by atoms with Gasteiger partial charge in [0.05, 0.1) is 37.6 Å². The molecule has 2 saturated heterocycles. The zero-order chi connectivity index (χ0) is 13.8. The van der Waals surface area contributed by atoms with E-state index in [4.69, 9.17) is 9.47 Å². The fraction of sp³-hybridized carbons (Fsp3) is 0.667. The molecule has 0 radical (unpaired) electrons. The third-order valence-electron chi connectivity index (χ3n) is 3.92. The van der Waals surface area contributed by atoms with Crippen LogP contribution in [0.4, 0.5) is 0 Å². The van der Waals surface area contributed by atoms with Crippen molar-refractivity contribution in [1.82, 2.24) is 14.7 Å². The average molecular weight is 275 g/mol. The highest BCUT2D eigenvalue weighted by atomic mass is 16.5. The molecule has 0 bridgehead atoms. The van der Waals surface area contributed by atoms with Crippen LogP contribution >= 0.6 is 0 Å². The Morgan fingerprint density at radius 2 is 2.15 bits per heavy atom. The number of ether oxygens (including phenoxy) is 2. The van der Waals surface area contributed by atoms with Gasteiger partial charge in [-0.2, -0.15) is 5.10 Å². The van der Waals surface area contributed by atoms with Crippen LogP contribution in [-0.4, -0.2) is 60.2 Å². The molecule has 5 heteroatoms. The van der Waals surface area contributed by atoms with Gasteiger partial charge in [0.2, 0.25) is 0 Å². The van der Waals surface area contributed by atoms with Crippen molar-refractivity contribution >= 4 is 0 Å². The average Bonchev–Trinajstić information content (AvgIpc) is 3.12. The van der Waals surface area contributed by atoms with Gasteiger partial charge in [0.1, 0.15) is 0 Å². The Hall–Kier alpha value is -1.35. The topological polar surface area (TPSA) is 39.5 Å². The maximum Gasteiger partial charge on any atom is 0.0771 e. The highest BCUT2D eigenvalue weighted by Crippen LogP contribution is 2.21. The van der Waals surface area contributed by atoms with E-state index >= 15 is 0 Å². The molecule has 3 rings (SSSR count). The molecule has 0 saturated carbocycles. The summed E-state index contributed by atoms with van der Waals surface area (Å²) in [6.07, 6.45) is 4.87. The van der Waals surface area contributed by atoms with Gasteiger partial charge in [0.15, 0.2) is 0 Å². The van der Waals surface area contributed by atoms with Crippen LogP contribution in [0.2, 0.25) is 0 Å². The first-order valence-electron chi connectivity index (χ1n) is 7.22. The summed E-state index contributed by atoms with van der Waals surface area (Å²) in [7, 11) is 1.91. The van der Waals surface area contributed by atoms with Crippen LogP contribution in [0.25, 0.3) is 0 Å². The fourth-order valence-electron chi connectivity index (χ4n) is 2.81. The van der Waals surface area contributed by atoms with Gasteiger partial charge in [-0.15, -0.1) is 0 Å². The van der Waals surface area contributed by atoms with Gasteiger partial charge in [0, 0.05) is 38.9 Å². The minimum atomic E-state index is 0.265. The normalized spacial score (nSPS) is 25.1. The lowest BCUT2D eigenvalue weighted by molar-refractivity contribution is 0.0152. The van der Waals surface area contributed by atoms with Crippen molar-refractivity contribution in [2.24, 2.45) is 13.0 Å². The Balaban J connectivity index is 1.75. The highest BCUT2D eigenvalue weighted by molar-refractivity contribution is 5.31. The molecule has 0 N–H and O–H groups in total. The second-order valence-corrected chi connectivity index (χ2v) is 5.39. The standard InChI is InChI=1S/C15H21N3O2/c1-17-11-13(10-16-17)2-3-15(14-4-7-20-12-14)18-5-8-19-9-6-18/h10-11,14-15H,4-9,12H2,1H3. The third-order valence-corrected chi connectivity index (χ3v) is 3.92. The predicted molar refractivity (Wildman–Crippen MR) is 75.2 cm³/mol. The van der Waals surface area contributed by atoms with Crippen LogP contribution in [-0.2, 0) is 16.5 Å². The molecule has 1 aromatic rings. The Labute approximate surface area is 119 Å². The van der Waals surface area contributed by atoms with Crippen LogP contribution in [0.3, 0.4) is 0 Å². The number of aryl methyl sites for hydroxylation is 1. The first-order valence-corrected chi connectivity index (χ1v) is 7.22. The molecule has 0 spiro atoms. The van der Waals surface area contributed by atoms with Gasteiger partial charge < -0.3 is 9.47 Å². The maximum absolute atomic E-state index is 5.54. The maximum atomic E-state index is 5.54. The van der Waals surface area contributed by atoms with E-state index < -0.39 is 0 Å². The van der Waals surface area contributed by atoms with E-state index in [9.17, 15) is 0 Å². The molecule has 2 unspecified atom stereocenters. The summed E-state index contributed by atoms with van der Waals surface area (Å²) in [6.45, 7) is 5.22. The van der Waals surface area contributed by atoms with Crippen molar-refractivity contribution < 1.29 is 9.47 Å². The SMILES string of the molecule is Cn1cc(C#CC(C2CCOC2)N2CCOCC2)cn1. The molecule has 20 heavy (non-hydrogen) atoms. The summed E-state index contributed by atoms with van der Waals surface area (Å²) >= 11 is 0. The van der Waals surface area contributed by atoms with Gasteiger partial charge in [-0.05, 0) is 6.42 Å². The number of aromatic nitrogens is 2. The number of hydrogen-bond acceptors (Lipinski definition) is 4. The lowest BCUT2D eigenvalue weighted by Crippen LogP contribution is -2.46. The smallest absolute Gasteiger partial charge is 0.0771 e. The molecule has 2 atom stereocenters. The largest absolute Gasteiger partial charge is 0.381 e. The van der Waals surface area contributed by atoms with Gasteiger partial charge in [-0.25, -0.2) is 0 Å². The molecule has 5 nitrogen and oxygen atoms in total. The minimum absolute atomic E-state index is 0.265. The lowest BCUT2D eigenvalue weighted by atomic mass is 9.97. The predicted octanol–water partition coefficient (Wildman–Crippen LogP) is 0.509. The van der Waals surface area contributed by atoms with Crippen molar-refractivity contribution in [3.05, 3.63) is 18.0 Å². The molecule has 3 heterocycles. The van der Waals surface area contributed by atoms with Crippen molar-refractivity contribution in [2.45, 2.75) is 12.5 Å². The van der Waals surface area contributed by atoms with E-state index in [0.717, 1.165) is 51.5 Å². The Bertz CT molecular complexity index is 491. The summed E-state index contributed by atoms with van der Waals surface area (Å²) in [4.78, 5) is 2.44. The van der Waals surface area contributed by atoms with E-state index in [2.05, 4.69) is 21.8 Å². The highest BCUT2D eigenvalue weighted by Gasteiger charge is 2.30. The van der Waals surface area contributed by atoms with Crippen LogP contribution < -0.4 is 0 Å². The zero-order valence-corrected chi connectivity index (χ0v) is 11.9. The third kappa shape index (κ3) is 3.21. The van der Waals surface area contributed by atoms with E-state index in [-0.39, 0.29) is 6.04 Å². The zero-order valence-electron chi connectivity index (χ0n) is 11.9. The Morgan fingerprint density at radius 1 is 1.30 bits per heavy atom. The Morgan fingerprint density at radius 3 is 2.80 bits per heavy atom. The quantitative estimate of drug-likeness (QED) is 0.737. The van der Waals surface area contributed by atoms with Crippen LogP contribution in [0, 0.1) is 17.8 Å². The molecule has 2 aliphatic heterocycles. The fourth-order valence-corrected chi connectivity index (χ4v) is 2.81. The van der Waals surface area contributed by atoms with Gasteiger partial charge in [-0.1, -0.05) is 11.8 Å². The number of morpholine rings is 1. The molecule has 108 valence electrons. The summed E-state index contributed by atoms with van der Waals surface area (Å²) < 4.78 is 12.8. The van der Waals surface area contributed by atoms with Gasteiger partial charge in [-0.3, -0.25) is 9.58 Å². The van der Waals surface area contributed by atoms with E-state index in [1.54, 1.807) is 4.68 Å². The number of rotatable bonds is 2. The monoisotopic (exact) mass is 275 g/mol. The first-order chi connectivity index (χ1) is 9.83. The Kier molecular flexibility index (Phi) is 4.36. The number of hydrogen-bond donors (Lipinski definition) is 0. The lowest BCUT2D eigenvalue weighted by Gasteiger charge is -2.34. The molecule has 2 fully saturated rings. The number of nitrogens with zero attached hydrogens (tertiary/aromatic N) is 3. The van der Waals surface area contributed by atoms with Crippen LogP contribution in [0.15, 0.2) is 12.4 Å². The van der Waals surface area contributed by atoms with Crippen molar-refractivity contribution in [3.63, 3.8) is 0 Å². The molecule has 2 aliphatic rings. The first kappa shape index (κ1) is 13.6. The molecule has 0 aliphatic carbocycles. The second-order valence-electron chi connectivity index (χ2n) is 5.39. The van der Waals surface area contributed by atoms with Crippen molar-refractivity contribution in [3.8, 4) is 11.8 Å². The molecular formula is C15H21N3O2. The van der Waals surface area contributed by atoms with Gasteiger partial charge in [0.25, 0.3) is 0 Å².